The van der Waals surface area contributed by atoms with Gasteiger partial charge in [0.2, 0.25) is 10.0 Å². The van der Waals surface area contributed by atoms with Gasteiger partial charge in [-0.15, -0.1) is 0 Å². The number of likely N-dealkylation sites (N-methyl/N-ethyl adjacent to an activating group) is 1. The van der Waals surface area contributed by atoms with E-state index in [1.807, 2.05) is 0 Å². The van der Waals surface area contributed by atoms with Gasteiger partial charge in [0.05, 0.1) is 10.5 Å². The Morgan fingerprint density at radius 1 is 1.53 bits per heavy atom. The maximum atomic E-state index is 13.1. The molecule has 1 aromatic carbocycles. The Labute approximate surface area is 112 Å². The zero-order valence-electron chi connectivity index (χ0n) is 10.6. The van der Waals surface area contributed by atoms with Crippen molar-refractivity contribution >= 4 is 10.0 Å². The Bertz CT molecular complexity index is 556. The van der Waals surface area contributed by atoms with Crippen molar-refractivity contribution in [1.29, 1.82) is 0 Å². The monoisotopic (exact) mass is 288 g/mol. The van der Waals surface area contributed by atoms with Crippen LogP contribution in [-0.4, -0.2) is 50.1 Å². The van der Waals surface area contributed by atoms with Gasteiger partial charge in [-0.05, 0) is 31.2 Å². The minimum Gasteiger partial charge on any atom is -0.387 e. The first-order valence-electron chi connectivity index (χ1n) is 5.99. The fourth-order valence-corrected chi connectivity index (χ4v) is 3.45. The molecule has 19 heavy (non-hydrogen) atoms. The lowest BCUT2D eigenvalue weighted by Crippen LogP contribution is -2.45. The lowest BCUT2D eigenvalue weighted by Gasteiger charge is -2.27. The lowest BCUT2D eigenvalue weighted by atomic mass is 10.0. The van der Waals surface area contributed by atoms with E-state index in [1.54, 1.807) is 0 Å². The summed E-state index contributed by atoms with van der Waals surface area (Å²) in [7, 11) is -2.40. The number of benzene rings is 1. The van der Waals surface area contributed by atoms with Crippen LogP contribution < -0.4 is 5.32 Å². The van der Waals surface area contributed by atoms with E-state index in [1.165, 1.54) is 25.2 Å². The molecule has 0 bridgehead atoms. The van der Waals surface area contributed by atoms with Crippen molar-refractivity contribution in [3.05, 3.63) is 30.1 Å². The molecule has 1 saturated heterocycles. The van der Waals surface area contributed by atoms with E-state index < -0.39 is 21.4 Å². The van der Waals surface area contributed by atoms with Crippen molar-refractivity contribution in [1.82, 2.24) is 9.62 Å². The molecule has 1 aromatic rings. The lowest BCUT2D eigenvalue weighted by molar-refractivity contribution is 0.0462. The zero-order chi connectivity index (χ0) is 14.1. The van der Waals surface area contributed by atoms with Gasteiger partial charge >= 0.3 is 0 Å². The number of halogens is 1. The predicted molar refractivity (Wildman–Crippen MR) is 68.7 cm³/mol. The van der Waals surface area contributed by atoms with E-state index >= 15 is 0 Å². The van der Waals surface area contributed by atoms with Crippen LogP contribution in [0.25, 0.3) is 0 Å². The maximum absolute atomic E-state index is 13.1. The van der Waals surface area contributed by atoms with Crippen molar-refractivity contribution in [3.8, 4) is 0 Å². The molecule has 0 saturated carbocycles. The summed E-state index contributed by atoms with van der Waals surface area (Å²) in [6, 6.07) is 4.85. The highest BCUT2D eigenvalue weighted by molar-refractivity contribution is 7.89. The molecule has 0 spiro atoms. The first-order chi connectivity index (χ1) is 8.83. The van der Waals surface area contributed by atoms with Crippen LogP contribution in [0.2, 0.25) is 0 Å². The minimum absolute atomic E-state index is 0.0150. The van der Waals surface area contributed by atoms with Crippen LogP contribution in [0.1, 0.15) is 6.42 Å². The van der Waals surface area contributed by atoms with Gasteiger partial charge in [-0.3, -0.25) is 0 Å². The summed E-state index contributed by atoms with van der Waals surface area (Å²) in [6.45, 7) is 0.999. The van der Waals surface area contributed by atoms with E-state index in [4.69, 9.17) is 0 Å². The van der Waals surface area contributed by atoms with Crippen molar-refractivity contribution in [2.45, 2.75) is 16.9 Å². The second kappa shape index (κ2) is 5.16. The van der Waals surface area contributed by atoms with Gasteiger partial charge < -0.3 is 10.4 Å². The van der Waals surface area contributed by atoms with Crippen molar-refractivity contribution < 1.29 is 17.9 Å². The zero-order valence-corrected chi connectivity index (χ0v) is 11.5. The predicted octanol–water partition coefficient (Wildman–Crippen LogP) is 0.171. The van der Waals surface area contributed by atoms with Gasteiger partial charge in [0.1, 0.15) is 5.82 Å². The number of nitrogens with one attached hydrogen (secondary N) is 1. The number of β-amino-alcohol motifs (C(OH)–C–C–N with tert-alkyl or cyclic N) is 1. The topological polar surface area (TPSA) is 69.6 Å². The Morgan fingerprint density at radius 3 is 2.84 bits per heavy atom. The van der Waals surface area contributed by atoms with Crippen LogP contribution in [0.3, 0.4) is 0 Å². The highest BCUT2D eigenvalue weighted by Crippen LogP contribution is 2.21. The number of hydrogen-bond donors (Lipinski definition) is 2. The average molecular weight is 288 g/mol. The number of sulfonamides is 1. The molecule has 1 atom stereocenters. The SMILES string of the molecule is CN(CC1(O)CCNC1)S(=O)(=O)c1cccc(F)c1. The van der Waals surface area contributed by atoms with Gasteiger partial charge in [0, 0.05) is 20.1 Å². The Morgan fingerprint density at radius 2 is 2.26 bits per heavy atom. The van der Waals surface area contributed by atoms with E-state index in [0.717, 1.165) is 10.4 Å². The molecular weight excluding hydrogens is 271 g/mol. The minimum atomic E-state index is -3.78. The number of hydrogen-bond acceptors (Lipinski definition) is 4. The molecule has 0 aromatic heterocycles. The van der Waals surface area contributed by atoms with Crippen LogP contribution in [0, 0.1) is 5.82 Å². The number of rotatable bonds is 4. The molecule has 1 aliphatic rings. The highest BCUT2D eigenvalue weighted by Gasteiger charge is 2.35. The summed E-state index contributed by atoms with van der Waals surface area (Å²) in [6.07, 6.45) is 0.496. The maximum Gasteiger partial charge on any atom is 0.243 e. The number of nitrogens with zero attached hydrogens (tertiary/aromatic N) is 1. The van der Waals surface area contributed by atoms with Crippen LogP contribution in [0.15, 0.2) is 29.2 Å². The molecule has 2 rings (SSSR count). The third-order valence-electron chi connectivity index (χ3n) is 3.24. The Hall–Kier alpha value is -1.02. The summed E-state index contributed by atoms with van der Waals surface area (Å²) in [5, 5.41) is 13.2. The summed E-state index contributed by atoms with van der Waals surface area (Å²) in [5.74, 6) is -0.601. The van der Waals surface area contributed by atoms with Crippen LogP contribution in [0.4, 0.5) is 4.39 Å². The second-order valence-electron chi connectivity index (χ2n) is 4.87. The first-order valence-corrected chi connectivity index (χ1v) is 7.43. The summed E-state index contributed by atoms with van der Waals surface area (Å²) in [5.41, 5.74) is -1.06. The molecule has 0 amide bonds. The van der Waals surface area contributed by atoms with Gasteiger partial charge in [-0.25, -0.2) is 12.8 Å². The standard InChI is InChI=1S/C12H17FN2O3S/c1-15(9-12(16)5-6-14-8-12)19(17,18)11-4-2-3-10(13)7-11/h2-4,7,14,16H,5-6,8-9H2,1H3. The van der Waals surface area contributed by atoms with Gasteiger partial charge in [-0.1, -0.05) is 6.07 Å². The van der Waals surface area contributed by atoms with Crippen LogP contribution in [0.5, 0.6) is 0 Å². The molecule has 7 heteroatoms. The fourth-order valence-electron chi connectivity index (χ4n) is 2.17. The third kappa shape index (κ3) is 3.11. The molecule has 1 heterocycles. The van der Waals surface area contributed by atoms with E-state index in [0.29, 0.717) is 19.5 Å². The Kier molecular flexibility index (Phi) is 3.91. The second-order valence-corrected chi connectivity index (χ2v) is 6.91. The first kappa shape index (κ1) is 14.4. The van der Waals surface area contributed by atoms with Gasteiger partial charge in [0.25, 0.3) is 0 Å². The molecule has 2 N–H and O–H groups in total. The van der Waals surface area contributed by atoms with Crippen molar-refractivity contribution in [3.63, 3.8) is 0 Å². The molecule has 1 aliphatic heterocycles. The van der Waals surface area contributed by atoms with Crippen LogP contribution >= 0.6 is 0 Å². The summed E-state index contributed by atoms with van der Waals surface area (Å²) >= 11 is 0. The van der Waals surface area contributed by atoms with E-state index in [2.05, 4.69) is 5.32 Å². The average Bonchev–Trinajstić information content (AvgIpc) is 2.75. The molecule has 0 radical (unpaired) electrons. The van der Waals surface area contributed by atoms with Crippen molar-refractivity contribution in [2.75, 3.05) is 26.7 Å². The van der Waals surface area contributed by atoms with E-state index in [9.17, 15) is 17.9 Å². The highest BCUT2D eigenvalue weighted by atomic mass is 32.2. The summed E-state index contributed by atoms with van der Waals surface area (Å²) in [4.78, 5) is -0.107. The largest absolute Gasteiger partial charge is 0.387 e. The summed E-state index contributed by atoms with van der Waals surface area (Å²) < 4.78 is 38.6. The quantitative estimate of drug-likeness (QED) is 0.829. The van der Waals surface area contributed by atoms with Crippen molar-refractivity contribution in [2.24, 2.45) is 0 Å². The van der Waals surface area contributed by atoms with Crippen LogP contribution in [-0.2, 0) is 10.0 Å². The van der Waals surface area contributed by atoms with E-state index in [-0.39, 0.29) is 11.4 Å². The fraction of sp³-hybridized carbons (Fsp3) is 0.500. The smallest absolute Gasteiger partial charge is 0.243 e. The number of aliphatic hydroxyl groups is 1. The van der Waals surface area contributed by atoms with Gasteiger partial charge in [-0.2, -0.15) is 4.31 Å². The molecule has 0 aliphatic carbocycles. The van der Waals surface area contributed by atoms with Gasteiger partial charge in [0.15, 0.2) is 0 Å². The Balaban J connectivity index is 2.19. The molecular formula is C12H17FN2O3S. The molecule has 5 nitrogen and oxygen atoms in total. The molecule has 1 fully saturated rings. The third-order valence-corrected chi connectivity index (χ3v) is 5.04. The molecule has 106 valence electrons. The molecule has 1 unspecified atom stereocenters. The normalized spacial score (nSPS) is 24.0.